The highest BCUT2D eigenvalue weighted by Crippen LogP contribution is 2.06. The first-order chi connectivity index (χ1) is 4.74. The van der Waals surface area contributed by atoms with Crippen LogP contribution in [0.25, 0.3) is 0 Å². The van der Waals surface area contributed by atoms with Crippen LogP contribution in [0.5, 0.6) is 0 Å². The van der Waals surface area contributed by atoms with E-state index in [1.807, 2.05) is 0 Å². The Balaban J connectivity index is 3.17. The van der Waals surface area contributed by atoms with Gasteiger partial charge in [-0.15, -0.1) is 0 Å². The van der Waals surface area contributed by atoms with Crippen LogP contribution in [0.4, 0.5) is 0 Å². The van der Waals surface area contributed by atoms with Gasteiger partial charge in [0.1, 0.15) is 0 Å². The maximum Gasteiger partial charge on any atom is 0.250 e. The van der Waals surface area contributed by atoms with Gasteiger partial charge >= 0.3 is 0 Å². The lowest BCUT2D eigenvalue weighted by atomic mass is 10.5. The number of aryl methyl sites for hydroxylation is 1. The smallest absolute Gasteiger partial charge is 0.250 e. The van der Waals surface area contributed by atoms with E-state index in [4.69, 9.17) is 5.14 Å². The highest BCUT2D eigenvalue weighted by atomic mass is 32.2. The summed E-state index contributed by atoms with van der Waals surface area (Å²) in [6.45, 7) is 0. The summed E-state index contributed by atoms with van der Waals surface area (Å²) in [6.07, 6.45) is 1.70. The number of hydrogen-bond donors (Lipinski definition) is 1. The lowest BCUT2D eigenvalue weighted by Gasteiger charge is -1.97. The first-order valence-corrected chi connectivity index (χ1v) is 3.65. The number of nitrogens with zero attached hydrogens (tertiary/aromatic N) is 1. The predicted molar refractivity (Wildman–Crippen MR) is 41.7 cm³/mol. The summed E-state index contributed by atoms with van der Waals surface area (Å²) in [5, 5.41) is 5.27. The van der Waals surface area contributed by atoms with Gasteiger partial charge in [0.25, 0.3) is 0 Å². The average Bonchev–Trinajstić information content (AvgIpc) is 1.95. The largest absolute Gasteiger partial charge is 0.317 e. The number of pyridine rings is 1. The molecule has 0 amide bonds. The zero-order valence-corrected chi connectivity index (χ0v) is 6.39. The van der Waals surface area contributed by atoms with E-state index in [0.717, 1.165) is 16.8 Å². The molecule has 0 bridgehead atoms. The molecule has 0 spiro atoms. The Kier molecular flexibility index (Phi) is 2.13. The second-order valence-corrected chi connectivity index (χ2v) is 2.64. The van der Waals surface area contributed by atoms with E-state index in [1.165, 1.54) is 10.6 Å². The molecule has 1 rings (SSSR count). The predicted octanol–water partition coefficient (Wildman–Crippen LogP) is 0.351. The van der Waals surface area contributed by atoms with Crippen molar-refractivity contribution < 1.29 is 0 Å². The van der Waals surface area contributed by atoms with Gasteiger partial charge < -0.3 is 4.57 Å². The van der Waals surface area contributed by atoms with E-state index in [1.54, 1.807) is 19.3 Å². The van der Waals surface area contributed by atoms with E-state index in [-0.39, 0.29) is 5.56 Å². The minimum atomic E-state index is -0.0159. The monoisotopic (exact) mass is 156 g/mol. The summed E-state index contributed by atoms with van der Waals surface area (Å²) in [6, 6.07) is 3.20. The molecule has 0 atom stereocenters. The Morgan fingerprint density at radius 3 is 2.80 bits per heavy atom. The minimum absolute atomic E-state index is 0.0159. The molecule has 2 N–H and O–H groups in total. The SMILES string of the molecule is Cn1cc(SN)ccc1=O. The van der Waals surface area contributed by atoms with Crippen LogP contribution in [-0.2, 0) is 7.05 Å². The van der Waals surface area contributed by atoms with Gasteiger partial charge in [-0.3, -0.25) is 9.93 Å². The Morgan fingerprint density at radius 1 is 1.60 bits per heavy atom. The fourth-order valence-electron chi connectivity index (χ4n) is 0.638. The van der Waals surface area contributed by atoms with Crippen molar-refractivity contribution in [3.8, 4) is 0 Å². The topological polar surface area (TPSA) is 48.0 Å². The molecule has 0 saturated heterocycles. The van der Waals surface area contributed by atoms with E-state index in [9.17, 15) is 4.79 Å². The van der Waals surface area contributed by atoms with Crippen molar-refractivity contribution in [2.75, 3.05) is 0 Å². The van der Waals surface area contributed by atoms with Gasteiger partial charge in [0.2, 0.25) is 5.56 Å². The normalized spacial score (nSPS) is 9.80. The molecule has 3 nitrogen and oxygen atoms in total. The Morgan fingerprint density at radius 2 is 2.30 bits per heavy atom. The van der Waals surface area contributed by atoms with Crippen molar-refractivity contribution in [2.24, 2.45) is 12.2 Å². The second-order valence-electron chi connectivity index (χ2n) is 1.93. The molecule has 10 heavy (non-hydrogen) atoms. The molecule has 0 saturated carbocycles. The van der Waals surface area contributed by atoms with Gasteiger partial charge in [0, 0.05) is 24.2 Å². The number of aromatic nitrogens is 1. The van der Waals surface area contributed by atoms with E-state index >= 15 is 0 Å². The minimum Gasteiger partial charge on any atom is -0.317 e. The van der Waals surface area contributed by atoms with Crippen molar-refractivity contribution in [1.29, 1.82) is 0 Å². The highest BCUT2D eigenvalue weighted by molar-refractivity contribution is 7.97. The van der Waals surface area contributed by atoms with Crippen molar-refractivity contribution in [2.45, 2.75) is 4.90 Å². The number of nitrogens with two attached hydrogens (primary N) is 1. The number of hydrogen-bond acceptors (Lipinski definition) is 3. The van der Waals surface area contributed by atoms with Crippen LogP contribution in [0.1, 0.15) is 0 Å². The molecule has 0 aliphatic heterocycles. The zero-order valence-electron chi connectivity index (χ0n) is 5.57. The average molecular weight is 156 g/mol. The van der Waals surface area contributed by atoms with Crippen molar-refractivity contribution in [3.63, 3.8) is 0 Å². The van der Waals surface area contributed by atoms with Gasteiger partial charge in [-0.05, 0) is 18.0 Å². The summed E-state index contributed by atoms with van der Waals surface area (Å²) in [4.78, 5) is 11.7. The first kappa shape index (κ1) is 7.37. The maximum absolute atomic E-state index is 10.8. The molecule has 0 unspecified atom stereocenters. The van der Waals surface area contributed by atoms with Crippen LogP contribution >= 0.6 is 11.9 Å². The van der Waals surface area contributed by atoms with Gasteiger partial charge in [-0.2, -0.15) is 0 Å². The quantitative estimate of drug-likeness (QED) is 0.597. The Bertz CT molecular complexity index is 281. The molecular weight excluding hydrogens is 148 g/mol. The van der Waals surface area contributed by atoms with Crippen LogP contribution < -0.4 is 10.7 Å². The molecular formula is C6H8N2OS. The summed E-state index contributed by atoms with van der Waals surface area (Å²) in [5.41, 5.74) is -0.0159. The molecule has 54 valence electrons. The van der Waals surface area contributed by atoms with Gasteiger partial charge in [0.05, 0.1) is 0 Å². The van der Waals surface area contributed by atoms with Crippen molar-refractivity contribution in [3.05, 3.63) is 28.7 Å². The summed E-state index contributed by atoms with van der Waals surface area (Å²) in [7, 11) is 1.70. The molecule has 1 aromatic rings. The van der Waals surface area contributed by atoms with Gasteiger partial charge in [-0.25, -0.2) is 0 Å². The maximum atomic E-state index is 10.8. The number of rotatable bonds is 1. The van der Waals surface area contributed by atoms with Crippen LogP contribution in [0.2, 0.25) is 0 Å². The fourth-order valence-corrected chi connectivity index (χ4v) is 1.00. The lowest BCUT2D eigenvalue weighted by Crippen LogP contribution is -2.13. The van der Waals surface area contributed by atoms with Gasteiger partial charge in [0.15, 0.2) is 0 Å². The molecule has 0 aromatic carbocycles. The molecule has 0 fully saturated rings. The van der Waals surface area contributed by atoms with E-state index in [0.29, 0.717) is 0 Å². The van der Waals surface area contributed by atoms with Crippen LogP contribution in [0.15, 0.2) is 28.0 Å². The lowest BCUT2D eigenvalue weighted by molar-refractivity contribution is 0.840. The molecule has 1 heterocycles. The fraction of sp³-hybridized carbons (Fsp3) is 0.167. The third kappa shape index (κ3) is 1.40. The summed E-state index contributed by atoms with van der Waals surface area (Å²) >= 11 is 1.13. The van der Waals surface area contributed by atoms with Crippen LogP contribution in [0.3, 0.4) is 0 Å². The van der Waals surface area contributed by atoms with E-state index < -0.39 is 0 Å². The summed E-state index contributed by atoms with van der Waals surface area (Å²) < 4.78 is 1.50. The third-order valence-electron chi connectivity index (χ3n) is 1.19. The van der Waals surface area contributed by atoms with Crippen molar-refractivity contribution >= 4 is 11.9 Å². The third-order valence-corrected chi connectivity index (χ3v) is 1.71. The van der Waals surface area contributed by atoms with Crippen molar-refractivity contribution in [1.82, 2.24) is 4.57 Å². The standard InChI is InChI=1S/C6H8N2OS/c1-8-4-5(10-7)2-3-6(8)9/h2-4H,7H2,1H3. The molecule has 0 aliphatic carbocycles. The van der Waals surface area contributed by atoms with Crippen LogP contribution in [-0.4, -0.2) is 4.57 Å². The Labute approximate surface area is 63.0 Å². The molecule has 0 aliphatic rings. The molecule has 4 heteroatoms. The first-order valence-electron chi connectivity index (χ1n) is 2.77. The second kappa shape index (κ2) is 2.90. The molecule has 0 radical (unpaired) electrons. The Hall–Kier alpha value is -0.740. The van der Waals surface area contributed by atoms with E-state index in [2.05, 4.69) is 0 Å². The zero-order chi connectivity index (χ0) is 7.56. The van der Waals surface area contributed by atoms with Gasteiger partial charge in [-0.1, -0.05) is 0 Å². The molecule has 1 aromatic heterocycles. The highest BCUT2D eigenvalue weighted by Gasteiger charge is 1.91. The van der Waals surface area contributed by atoms with Crippen LogP contribution in [0, 0.1) is 0 Å². The summed E-state index contributed by atoms with van der Waals surface area (Å²) in [5.74, 6) is 0.